The molecule has 0 saturated heterocycles. The van der Waals surface area contributed by atoms with E-state index in [2.05, 4.69) is 14.1 Å². The van der Waals surface area contributed by atoms with Crippen LogP contribution in [0.2, 0.25) is 10.0 Å². The average Bonchev–Trinajstić information content (AvgIpc) is 2.89. The first-order valence-electron chi connectivity index (χ1n) is 5.62. The number of carbonyl (C=O) groups is 1. The number of carbonyl (C=O) groups excluding carboxylic acids is 1. The molecular formula is C13H7Cl2N3OS. The second kappa shape index (κ2) is 5.36. The Morgan fingerprint density at radius 3 is 2.65 bits per heavy atom. The number of hydrogen-bond acceptors (Lipinski definition) is 4. The number of nitrogens with zero attached hydrogens (tertiary/aromatic N) is 2. The van der Waals surface area contributed by atoms with Crippen molar-refractivity contribution in [2.45, 2.75) is 0 Å². The molecule has 7 heteroatoms. The second-order valence-electron chi connectivity index (χ2n) is 4.05. The Morgan fingerprint density at radius 2 is 1.85 bits per heavy atom. The van der Waals surface area contributed by atoms with Gasteiger partial charge < -0.3 is 5.32 Å². The topological polar surface area (TPSA) is 54.9 Å². The highest BCUT2D eigenvalue weighted by Gasteiger charge is 2.10. The van der Waals surface area contributed by atoms with Crippen molar-refractivity contribution in [3.63, 3.8) is 0 Å². The number of halogens is 2. The number of hydrogen-bond donors (Lipinski definition) is 1. The molecule has 0 bridgehead atoms. The van der Waals surface area contributed by atoms with Crippen LogP contribution >= 0.6 is 34.9 Å². The number of anilines is 1. The highest BCUT2D eigenvalue weighted by atomic mass is 35.5. The molecule has 1 N–H and O–H groups in total. The normalized spacial score (nSPS) is 10.7. The Morgan fingerprint density at radius 1 is 1.05 bits per heavy atom. The van der Waals surface area contributed by atoms with Gasteiger partial charge in [0.2, 0.25) is 0 Å². The summed E-state index contributed by atoms with van der Waals surface area (Å²) in [4.78, 5) is 12.2. The lowest BCUT2D eigenvalue weighted by Gasteiger charge is -2.07. The van der Waals surface area contributed by atoms with Crippen LogP contribution in [0, 0.1) is 0 Å². The van der Waals surface area contributed by atoms with Crippen LogP contribution in [0.3, 0.4) is 0 Å². The predicted octanol–water partition coefficient (Wildman–Crippen LogP) is 4.25. The molecule has 0 saturated carbocycles. The van der Waals surface area contributed by atoms with E-state index in [9.17, 15) is 4.79 Å². The number of amides is 1. The number of nitrogens with one attached hydrogen (secondary N) is 1. The molecule has 0 fully saturated rings. The first kappa shape index (κ1) is 13.3. The molecule has 2 aromatic carbocycles. The van der Waals surface area contributed by atoms with Crippen molar-refractivity contribution in [1.82, 2.24) is 8.75 Å². The van der Waals surface area contributed by atoms with E-state index in [1.54, 1.807) is 36.4 Å². The Kier molecular flexibility index (Phi) is 3.56. The summed E-state index contributed by atoms with van der Waals surface area (Å²) in [6.07, 6.45) is 0. The van der Waals surface area contributed by atoms with Gasteiger partial charge in [0.1, 0.15) is 11.0 Å². The van der Waals surface area contributed by atoms with E-state index in [1.165, 1.54) is 0 Å². The molecule has 0 unspecified atom stereocenters. The van der Waals surface area contributed by atoms with Gasteiger partial charge >= 0.3 is 0 Å². The minimum Gasteiger partial charge on any atom is -0.321 e. The zero-order valence-electron chi connectivity index (χ0n) is 9.93. The Bertz CT molecular complexity index is 803. The fourth-order valence-corrected chi connectivity index (χ4v) is 2.68. The summed E-state index contributed by atoms with van der Waals surface area (Å²) >= 11 is 12.9. The Hall–Kier alpha value is -1.69. The quantitative estimate of drug-likeness (QED) is 0.767. The van der Waals surface area contributed by atoms with Gasteiger partial charge in [-0.15, -0.1) is 0 Å². The molecule has 0 aliphatic carbocycles. The summed E-state index contributed by atoms with van der Waals surface area (Å²) in [5.41, 5.74) is 2.48. The third kappa shape index (κ3) is 2.60. The van der Waals surface area contributed by atoms with Gasteiger partial charge in [-0.25, -0.2) is 0 Å². The van der Waals surface area contributed by atoms with E-state index in [4.69, 9.17) is 23.2 Å². The Labute approximate surface area is 128 Å². The molecule has 4 nitrogen and oxygen atoms in total. The second-order valence-corrected chi connectivity index (χ2v) is 5.42. The van der Waals surface area contributed by atoms with Crippen molar-refractivity contribution in [3.8, 4) is 0 Å². The number of rotatable bonds is 2. The van der Waals surface area contributed by atoms with E-state index in [0.717, 1.165) is 17.2 Å². The number of aromatic nitrogens is 2. The maximum Gasteiger partial charge on any atom is 0.255 e. The summed E-state index contributed by atoms with van der Waals surface area (Å²) < 4.78 is 8.20. The highest BCUT2D eigenvalue weighted by molar-refractivity contribution is 7.00. The molecule has 0 aliphatic rings. The molecule has 1 heterocycles. The molecule has 1 aromatic heterocycles. The smallest absolute Gasteiger partial charge is 0.255 e. The van der Waals surface area contributed by atoms with E-state index in [1.807, 2.05) is 0 Å². The van der Waals surface area contributed by atoms with E-state index >= 15 is 0 Å². The van der Waals surface area contributed by atoms with Gasteiger partial charge in [-0.3, -0.25) is 4.79 Å². The first-order valence-corrected chi connectivity index (χ1v) is 7.11. The van der Waals surface area contributed by atoms with E-state index in [-0.39, 0.29) is 5.91 Å². The van der Waals surface area contributed by atoms with Gasteiger partial charge in [0.05, 0.1) is 22.4 Å². The monoisotopic (exact) mass is 323 g/mol. The average molecular weight is 324 g/mol. The fraction of sp³-hybridized carbons (Fsp3) is 0. The minimum atomic E-state index is -0.260. The molecular weight excluding hydrogens is 317 g/mol. The van der Waals surface area contributed by atoms with Gasteiger partial charge in [0.15, 0.2) is 0 Å². The highest BCUT2D eigenvalue weighted by Crippen LogP contribution is 2.26. The molecule has 0 atom stereocenters. The van der Waals surface area contributed by atoms with Crippen LogP contribution < -0.4 is 5.32 Å². The molecule has 0 aliphatic heterocycles. The first-order chi connectivity index (χ1) is 9.63. The van der Waals surface area contributed by atoms with Crippen molar-refractivity contribution in [2.24, 2.45) is 0 Å². The SMILES string of the molecule is O=C(Nc1ccc(Cl)cc1Cl)c1ccc2nsnc2c1. The molecule has 0 radical (unpaired) electrons. The van der Waals surface area contributed by atoms with Gasteiger partial charge in [-0.1, -0.05) is 23.2 Å². The Balaban J connectivity index is 1.88. The third-order valence-corrected chi connectivity index (χ3v) is 3.80. The summed E-state index contributed by atoms with van der Waals surface area (Å²) in [7, 11) is 0. The maximum atomic E-state index is 12.2. The predicted molar refractivity (Wildman–Crippen MR) is 81.8 cm³/mol. The molecule has 0 spiro atoms. The molecule has 100 valence electrons. The zero-order valence-corrected chi connectivity index (χ0v) is 12.3. The van der Waals surface area contributed by atoms with E-state index < -0.39 is 0 Å². The van der Waals surface area contributed by atoms with Crippen molar-refractivity contribution in [1.29, 1.82) is 0 Å². The van der Waals surface area contributed by atoms with Crippen LogP contribution in [-0.2, 0) is 0 Å². The van der Waals surface area contributed by atoms with Crippen LogP contribution in [0.5, 0.6) is 0 Å². The van der Waals surface area contributed by atoms with Crippen molar-refractivity contribution < 1.29 is 4.79 Å². The van der Waals surface area contributed by atoms with Gasteiger partial charge in [-0.2, -0.15) is 8.75 Å². The minimum absolute atomic E-state index is 0.260. The lowest BCUT2D eigenvalue weighted by molar-refractivity contribution is 0.102. The van der Waals surface area contributed by atoms with Crippen LogP contribution in [0.15, 0.2) is 36.4 Å². The van der Waals surface area contributed by atoms with Crippen LogP contribution in [0.4, 0.5) is 5.69 Å². The summed E-state index contributed by atoms with van der Waals surface area (Å²) in [6.45, 7) is 0. The van der Waals surface area contributed by atoms with E-state index in [0.29, 0.717) is 26.8 Å². The van der Waals surface area contributed by atoms with Crippen molar-refractivity contribution in [2.75, 3.05) is 5.32 Å². The van der Waals surface area contributed by atoms with Gasteiger partial charge in [0.25, 0.3) is 5.91 Å². The van der Waals surface area contributed by atoms with Gasteiger partial charge in [-0.05, 0) is 36.4 Å². The summed E-state index contributed by atoms with van der Waals surface area (Å²) in [5, 5.41) is 3.64. The lowest BCUT2D eigenvalue weighted by atomic mass is 10.2. The number of benzene rings is 2. The zero-order chi connectivity index (χ0) is 14.1. The number of fused-ring (bicyclic) bond motifs is 1. The fourth-order valence-electron chi connectivity index (χ4n) is 1.71. The van der Waals surface area contributed by atoms with Crippen LogP contribution in [-0.4, -0.2) is 14.7 Å². The standard InChI is InChI=1S/C13H7Cl2N3OS/c14-8-2-4-10(9(15)6-8)16-13(19)7-1-3-11-12(5-7)18-20-17-11/h1-6H,(H,16,19). The largest absolute Gasteiger partial charge is 0.321 e. The van der Waals surface area contributed by atoms with Crippen LogP contribution in [0.25, 0.3) is 11.0 Å². The summed E-state index contributed by atoms with van der Waals surface area (Å²) in [5.74, 6) is -0.260. The molecule has 20 heavy (non-hydrogen) atoms. The maximum absolute atomic E-state index is 12.2. The van der Waals surface area contributed by atoms with Crippen molar-refractivity contribution in [3.05, 3.63) is 52.0 Å². The molecule has 3 aromatic rings. The molecule has 1 amide bonds. The lowest BCUT2D eigenvalue weighted by Crippen LogP contribution is -2.12. The molecule has 3 rings (SSSR count). The summed E-state index contributed by atoms with van der Waals surface area (Å²) in [6, 6.07) is 10.0. The van der Waals surface area contributed by atoms with Crippen molar-refractivity contribution >= 4 is 57.6 Å². The van der Waals surface area contributed by atoms with Crippen LogP contribution in [0.1, 0.15) is 10.4 Å². The third-order valence-electron chi connectivity index (χ3n) is 2.70. The van der Waals surface area contributed by atoms with Gasteiger partial charge in [0, 0.05) is 10.6 Å².